The van der Waals surface area contributed by atoms with Crippen molar-refractivity contribution in [2.45, 2.75) is 6.92 Å². The molecule has 0 aliphatic heterocycles. The van der Waals surface area contributed by atoms with E-state index in [9.17, 15) is 4.39 Å². The van der Waals surface area contributed by atoms with Gasteiger partial charge >= 0.3 is 0 Å². The van der Waals surface area contributed by atoms with Crippen LogP contribution in [0.4, 0.5) is 10.1 Å². The van der Waals surface area contributed by atoms with Crippen molar-refractivity contribution in [2.24, 2.45) is 0 Å². The van der Waals surface area contributed by atoms with Gasteiger partial charge in [-0.05, 0) is 30.7 Å². The van der Waals surface area contributed by atoms with Crippen LogP contribution in [0.5, 0.6) is 0 Å². The molecule has 1 aromatic carbocycles. The zero-order valence-corrected chi connectivity index (χ0v) is 6.41. The lowest BCUT2D eigenvalue weighted by atomic mass is 10.2. The summed E-state index contributed by atoms with van der Waals surface area (Å²) in [5, 5.41) is 0. The number of nitrogen functional groups attached to an aromatic ring is 1. The van der Waals surface area contributed by atoms with E-state index in [-0.39, 0.29) is 18.2 Å². The fraction of sp³-hybridized carbons (Fsp3) is 0.143. The molecule has 0 aromatic heterocycles. The van der Waals surface area contributed by atoms with Crippen LogP contribution in [-0.4, -0.2) is 0 Å². The van der Waals surface area contributed by atoms with E-state index in [1.54, 1.807) is 13.0 Å². The van der Waals surface area contributed by atoms with Gasteiger partial charge in [-0.2, -0.15) is 0 Å². The van der Waals surface area contributed by atoms with E-state index in [2.05, 4.69) is 0 Å². The average Bonchev–Trinajstić information content (AvgIpc) is 1.80. The summed E-state index contributed by atoms with van der Waals surface area (Å²) in [6, 6.07) is 4.32. The van der Waals surface area contributed by atoms with Crippen LogP contribution < -0.4 is 5.73 Å². The molecule has 0 fully saturated rings. The number of anilines is 1. The summed E-state index contributed by atoms with van der Waals surface area (Å²) in [5.74, 6) is -0.235. The lowest BCUT2D eigenvalue weighted by molar-refractivity contribution is 0.627. The summed E-state index contributed by atoms with van der Waals surface area (Å²) >= 11 is 0. The molecule has 0 aliphatic carbocycles. The molecule has 10 heavy (non-hydrogen) atoms. The molecular weight excluding hydrogens is 153 g/mol. The molecule has 3 heteroatoms. The number of hydrogen-bond acceptors (Lipinski definition) is 1. The van der Waals surface area contributed by atoms with Crippen LogP contribution in [0.3, 0.4) is 0 Å². The maximum Gasteiger partial charge on any atom is 0.123 e. The molecule has 0 bridgehead atoms. The zero-order valence-electron chi connectivity index (χ0n) is 5.60. The molecule has 0 radical (unpaired) electrons. The number of hydrogen-bond donors (Lipinski definition) is 1. The highest BCUT2D eigenvalue weighted by Gasteiger charge is 1.92. The fourth-order valence-electron chi connectivity index (χ4n) is 0.639. The molecule has 0 saturated carbocycles. The van der Waals surface area contributed by atoms with Gasteiger partial charge in [0.2, 0.25) is 0 Å². The Hall–Kier alpha value is -0.760. The van der Waals surface area contributed by atoms with Gasteiger partial charge in [0, 0.05) is 5.69 Å². The number of benzene rings is 1. The van der Waals surface area contributed by atoms with Crippen molar-refractivity contribution in [2.75, 3.05) is 5.73 Å². The standard InChI is InChI=1S/C7H8FN.ClH/c1-5-4-6(8)2-3-7(5)9;/h2-4H,9H2,1H3;1H. The first-order valence-corrected chi connectivity index (χ1v) is 2.72. The SMILES string of the molecule is Cc1cc(F)ccc1N.Cl. The third-order valence-corrected chi connectivity index (χ3v) is 1.23. The van der Waals surface area contributed by atoms with Crippen LogP contribution in [0, 0.1) is 12.7 Å². The first-order chi connectivity index (χ1) is 4.20. The minimum absolute atomic E-state index is 0. The van der Waals surface area contributed by atoms with Crippen molar-refractivity contribution < 1.29 is 4.39 Å². The molecule has 1 aromatic rings. The van der Waals surface area contributed by atoms with Crippen molar-refractivity contribution in [3.05, 3.63) is 29.6 Å². The second-order valence-corrected chi connectivity index (χ2v) is 2.00. The Balaban J connectivity index is 0.000000810. The second kappa shape index (κ2) is 3.42. The first kappa shape index (κ1) is 9.24. The maximum atomic E-state index is 12.3. The highest BCUT2D eigenvalue weighted by atomic mass is 35.5. The third kappa shape index (κ3) is 1.88. The molecule has 1 rings (SSSR count). The van der Waals surface area contributed by atoms with E-state index < -0.39 is 0 Å². The van der Waals surface area contributed by atoms with Gasteiger partial charge in [-0.3, -0.25) is 0 Å². The number of nitrogens with two attached hydrogens (primary N) is 1. The summed E-state index contributed by atoms with van der Waals surface area (Å²) in [6.07, 6.45) is 0. The quantitative estimate of drug-likeness (QED) is 0.580. The summed E-state index contributed by atoms with van der Waals surface area (Å²) in [4.78, 5) is 0. The molecule has 0 amide bonds. The van der Waals surface area contributed by atoms with Crippen LogP contribution >= 0.6 is 12.4 Å². The smallest absolute Gasteiger partial charge is 0.123 e. The number of rotatable bonds is 0. The molecule has 0 atom stereocenters. The van der Waals surface area contributed by atoms with Crippen LogP contribution in [0.15, 0.2) is 18.2 Å². The van der Waals surface area contributed by atoms with Crippen LogP contribution in [0.1, 0.15) is 5.56 Å². The molecule has 0 unspecified atom stereocenters. The Morgan fingerprint density at radius 3 is 2.40 bits per heavy atom. The Kier molecular flexibility index (Phi) is 3.16. The van der Waals surface area contributed by atoms with E-state index in [0.717, 1.165) is 5.56 Å². The number of aryl methyl sites for hydroxylation is 1. The normalized spacial score (nSPS) is 8.60. The summed E-state index contributed by atoms with van der Waals surface area (Å²) in [6.45, 7) is 1.78. The van der Waals surface area contributed by atoms with Crippen molar-refractivity contribution >= 4 is 18.1 Å². The lowest BCUT2D eigenvalue weighted by Gasteiger charge is -1.96. The van der Waals surface area contributed by atoms with E-state index >= 15 is 0 Å². The third-order valence-electron chi connectivity index (χ3n) is 1.23. The van der Waals surface area contributed by atoms with Gasteiger partial charge in [0.1, 0.15) is 5.82 Å². The largest absolute Gasteiger partial charge is 0.399 e. The van der Waals surface area contributed by atoms with Gasteiger partial charge in [-0.25, -0.2) is 4.39 Å². The van der Waals surface area contributed by atoms with Gasteiger partial charge in [0.15, 0.2) is 0 Å². The van der Waals surface area contributed by atoms with Crippen molar-refractivity contribution in [3.8, 4) is 0 Å². The lowest BCUT2D eigenvalue weighted by Crippen LogP contribution is -1.88. The maximum absolute atomic E-state index is 12.3. The number of halogens is 2. The predicted molar refractivity (Wildman–Crippen MR) is 42.8 cm³/mol. The monoisotopic (exact) mass is 161 g/mol. The zero-order chi connectivity index (χ0) is 6.85. The average molecular weight is 162 g/mol. The molecule has 0 heterocycles. The van der Waals surface area contributed by atoms with E-state index in [0.29, 0.717) is 5.69 Å². The minimum atomic E-state index is -0.235. The van der Waals surface area contributed by atoms with Gasteiger partial charge in [-0.1, -0.05) is 0 Å². The summed E-state index contributed by atoms with van der Waals surface area (Å²) < 4.78 is 12.3. The van der Waals surface area contributed by atoms with Gasteiger partial charge in [-0.15, -0.1) is 12.4 Å². The van der Waals surface area contributed by atoms with Crippen molar-refractivity contribution in [1.82, 2.24) is 0 Å². The van der Waals surface area contributed by atoms with Crippen LogP contribution in [0.25, 0.3) is 0 Å². The highest BCUT2D eigenvalue weighted by Crippen LogP contribution is 2.10. The first-order valence-electron chi connectivity index (χ1n) is 2.72. The van der Waals surface area contributed by atoms with Gasteiger partial charge < -0.3 is 5.73 Å². The Bertz CT molecular complexity index is 225. The minimum Gasteiger partial charge on any atom is -0.399 e. The molecule has 0 spiro atoms. The van der Waals surface area contributed by atoms with Crippen LogP contribution in [-0.2, 0) is 0 Å². The Morgan fingerprint density at radius 2 is 2.00 bits per heavy atom. The Morgan fingerprint density at radius 1 is 1.40 bits per heavy atom. The van der Waals surface area contributed by atoms with Gasteiger partial charge in [0.25, 0.3) is 0 Å². The van der Waals surface area contributed by atoms with E-state index in [1.807, 2.05) is 0 Å². The molecule has 0 saturated heterocycles. The topological polar surface area (TPSA) is 26.0 Å². The predicted octanol–water partition coefficient (Wildman–Crippen LogP) is 2.14. The highest BCUT2D eigenvalue weighted by molar-refractivity contribution is 5.85. The summed E-state index contributed by atoms with van der Waals surface area (Å²) in [7, 11) is 0. The molecular formula is C7H9ClFN. The molecule has 56 valence electrons. The van der Waals surface area contributed by atoms with Gasteiger partial charge in [0.05, 0.1) is 0 Å². The van der Waals surface area contributed by atoms with E-state index in [1.165, 1.54) is 12.1 Å². The second-order valence-electron chi connectivity index (χ2n) is 2.00. The molecule has 0 aliphatic rings. The summed E-state index contributed by atoms with van der Waals surface area (Å²) in [5.41, 5.74) is 6.84. The van der Waals surface area contributed by atoms with Crippen molar-refractivity contribution in [3.63, 3.8) is 0 Å². The molecule has 1 nitrogen and oxygen atoms in total. The van der Waals surface area contributed by atoms with Crippen molar-refractivity contribution in [1.29, 1.82) is 0 Å². The fourth-order valence-corrected chi connectivity index (χ4v) is 0.639. The Labute approximate surface area is 65.5 Å². The van der Waals surface area contributed by atoms with E-state index in [4.69, 9.17) is 5.73 Å². The van der Waals surface area contributed by atoms with Crippen LogP contribution in [0.2, 0.25) is 0 Å². The molecule has 2 N–H and O–H groups in total.